The Labute approximate surface area is 89.2 Å². The number of hydrogen-bond donors (Lipinski definition) is 1. The molecule has 14 heavy (non-hydrogen) atoms. The zero-order valence-corrected chi connectivity index (χ0v) is 9.17. The van der Waals surface area contributed by atoms with Crippen LogP contribution >= 0.6 is 11.3 Å². The topological polar surface area (TPSA) is 23.5 Å². The van der Waals surface area contributed by atoms with Crippen LogP contribution in [0.4, 0.5) is 0 Å². The molecule has 1 aromatic rings. The Morgan fingerprint density at radius 1 is 1.43 bits per heavy atom. The van der Waals surface area contributed by atoms with Crippen LogP contribution in [0.25, 0.3) is 0 Å². The van der Waals surface area contributed by atoms with Gasteiger partial charge in [-0.15, -0.1) is 11.3 Å². The first kappa shape index (κ1) is 10.1. The molecule has 1 aliphatic heterocycles. The predicted octanol–water partition coefficient (Wildman–Crippen LogP) is 2.27. The maximum Gasteiger partial charge on any atom is 0.0894 e. The summed E-state index contributed by atoms with van der Waals surface area (Å²) < 4.78 is 0. The van der Waals surface area contributed by atoms with Crippen LogP contribution in [0.1, 0.15) is 30.2 Å². The van der Waals surface area contributed by atoms with E-state index in [-0.39, 0.29) is 6.10 Å². The number of likely N-dealkylation sites (tertiary alicyclic amines) is 1. The Morgan fingerprint density at radius 2 is 2.21 bits per heavy atom. The molecule has 1 saturated heterocycles. The van der Waals surface area contributed by atoms with Crippen LogP contribution in [-0.2, 0) is 0 Å². The molecule has 1 aliphatic rings. The molecule has 0 amide bonds. The van der Waals surface area contributed by atoms with Crippen LogP contribution in [0.2, 0.25) is 0 Å². The van der Waals surface area contributed by atoms with E-state index >= 15 is 0 Å². The van der Waals surface area contributed by atoms with Gasteiger partial charge in [0.2, 0.25) is 0 Å². The second-order valence-corrected chi connectivity index (χ2v) is 4.85. The molecule has 2 rings (SSSR count). The third-order valence-corrected chi connectivity index (χ3v) is 3.76. The van der Waals surface area contributed by atoms with Gasteiger partial charge < -0.3 is 10.0 Å². The smallest absolute Gasteiger partial charge is 0.0894 e. The van der Waals surface area contributed by atoms with E-state index < -0.39 is 0 Å². The molecule has 1 aromatic heterocycles. The van der Waals surface area contributed by atoms with Gasteiger partial charge in [-0.2, -0.15) is 0 Å². The summed E-state index contributed by atoms with van der Waals surface area (Å²) in [5.74, 6) is 0. The minimum Gasteiger partial charge on any atom is -0.388 e. The normalized spacial score (nSPS) is 20.1. The van der Waals surface area contributed by atoms with Crippen molar-refractivity contribution in [3.8, 4) is 0 Å². The third-order valence-electron chi connectivity index (χ3n) is 2.79. The molecular formula is C11H17NOS. The van der Waals surface area contributed by atoms with E-state index in [1.54, 1.807) is 11.3 Å². The van der Waals surface area contributed by atoms with E-state index in [1.165, 1.54) is 25.9 Å². The lowest BCUT2D eigenvalue weighted by molar-refractivity contribution is 0.152. The molecule has 0 radical (unpaired) electrons. The van der Waals surface area contributed by atoms with Crippen molar-refractivity contribution in [3.63, 3.8) is 0 Å². The summed E-state index contributed by atoms with van der Waals surface area (Å²) in [6.45, 7) is 3.48. The number of aliphatic hydroxyl groups excluding tert-OH is 1. The quantitative estimate of drug-likeness (QED) is 0.826. The van der Waals surface area contributed by atoms with Gasteiger partial charge in [0.05, 0.1) is 6.10 Å². The molecule has 2 nitrogen and oxygen atoms in total. The molecule has 0 unspecified atom stereocenters. The van der Waals surface area contributed by atoms with Crippen molar-refractivity contribution in [3.05, 3.63) is 22.4 Å². The highest BCUT2D eigenvalue weighted by atomic mass is 32.1. The van der Waals surface area contributed by atoms with Gasteiger partial charge in [0.15, 0.2) is 0 Å². The maximum absolute atomic E-state index is 9.85. The Morgan fingerprint density at radius 3 is 2.86 bits per heavy atom. The molecule has 1 fully saturated rings. The van der Waals surface area contributed by atoms with Crippen LogP contribution in [-0.4, -0.2) is 29.6 Å². The number of nitrogens with zero attached hydrogens (tertiary/aromatic N) is 1. The van der Waals surface area contributed by atoms with Crippen LogP contribution in [0.3, 0.4) is 0 Å². The highest BCUT2D eigenvalue weighted by Gasteiger charge is 2.14. The minimum absolute atomic E-state index is 0.254. The van der Waals surface area contributed by atoms with E-state index in [4.69, 9.17) is 0 Å². The van der Waals surface area contributed by atoms with Gasteiger partial charge in [0.1, 0.15) is 0 Å². The van der Waals surface area contributed by atoms with Gasteiger partial charge in [-0.3, -0.25) is 0 Å². The van der Waals surface area contributed by atoms with Crippen molar-refractivity contribution in [1.29, 1.82) is 0 Å². The average Bonchev–Trinajstić information content (AvgIpc) is 2.87. The Bertz CT molecular complexity index is 254. The molecule has 0 aromatic carbocycles. The predicted molar refractivity (Wildman–Crippen MR) is 59.6 cm³/mol. The highest BCUT2D eigenvalue weighted by Crippen LogP contribution is 2.22. The second kappa shape index (κ2) is 4.91. The van der Waals surface area contributed by atoms with Crippen LogP contribution in [0.5, 0.6) is 0 Å². The summed E-state index contributed by atoms with van der Waals surface area (Å²) in [6, 6.07) is 4.01. The van der Waals surface area contributed by atoms with Gasteiger partial charge in [0.25, 0.3) is 0 Å². The fourth-order valence-corrected chi connectivity index (χ4v) is 2.68. The number of aliphatic hydroxyl groups is 1. The minimum atomic E-state index is -0.254. The van der Waals surface area contributed by atoms with Gasteiger partial charge in [-0.1, -0.05) is 6.07 Å². The summed E-state index contributed by atoms with van der Waals surface area (Å²) >= 11 is 1.64. The SMILES string of the molecule is O[C@@H](CCN1CCCC1)c1cccs1. The molecule has 78 valence electrons. The van der Waals surface area contributed by atoms with Gasteiger partial charge in [-0.05, 0) is 43.8 Å². The fraction of sp³-hybridized carbons (Fsp3) is 0.636. The highest BCUT2D eigenvalue weighted by molar-refractivity contribution is 7.10. The zero-order valence-electron chi connectivity index (χ0n) is 8.35. The lowest BCUT2D eigenvalue weighted by atomic mass is 10.2. The third kappa shape index (κ3) is 2.56. The summed E-state index contributed by atoms with van der Waals surface area (Å²) in [5.41, 5.74) is 0. The van der Waals surface area contributed by atoms with Crippen molar-refractivity contribution in [1.82, 2.24) is 4.90 Å². The van der Waals surface area contributed by atoms with Crippen LogP contribution in [0.15, 0.2) is 17.5 Å². The summed E-state index contributed by atoms with van der Waals surface area (Å²) in [6.07, 6.45) is 3.28. The van der Waals surface area contributed by atoms with Crippen LogP contribution in [0, 0.1) is 0 Å². The first-order valence-corrected chi connectivity index (χ1v) is 6.18. The first-order chi connectivity index (χ1) is 6.86. The molecule has 0 saturated carbocycles. The molecule has 0 spiro atoms. The number of hydrogen-bond acceptors (Lipinski definition) is 3. The van der Waals surface area contributed by atoms with Crippen molar-refractivity contribution in [2.75, 3.05) is 19.6 Å². The van der Waals surface area contributed by atoms with Gasteiger partial charge in [-0.25, -0.2) is 0 Å². The largest absolute Gasteiger partial charge is 0.388 e. The van der Waals surface area contributed by atoms with Crippen molar-refractivity contribution < 1.29 is 5.11 Å². The molecule has 3 heteroatoms. The monoisotopic (exact) mass is 211 g/mol. The van der Waals surface area contributed by atoms with Gasteiger partial charge >= 0.3 is 0 Å². The average molecular weight is 211 g/mol. The van der Waals surface area contributed by atoms with E-state index in [1.807, 2.05) is 17.5 Å². The maximum atomic E-state index is 9.85. The van der Waals surface area contributed by atoms with Crippen LogP contribution < -0.4 is 0 Å². The molecule has 2 heterocycles. The van der Waals surface area contributed by atoms with E-state index in [0.717, 1.165) is 17.8 Å². The molecule has 1 atom stereocenters. The van der Waals surface area contributed by atoms with Crippen molar-refractivity contribution in [2.45, 2.75) is 25.4 Å². The number of rotatable bonds is 4. The Balaban J connectivity index is 1.74. The lowest BCUT2D eigenvalue weighted by Crippen LogP contribution is -2.21. The number of thiophene rings is 1. The molecule has 0 bridgehead atoms. The standard InChI is InChI=1S/C11H17NOS/c13-10(11-4-3-9-14-11)5-8-12-6-1-2-7-12/h3-4,9-10,13H,1-2,5-8H2/t10-/m0/s1. The summed E-state index contributed by atoms with van der Waals surface area (Å²) in [4.78, 5) is 3.54. The zero-order chi connectivity index (χ0) is 9.80. The van der Waals surface area contributed by atoms with E-state index in [9.17, 15) is 5.11 Å². The molecular weight excluding hydrogens is 194 g/mol. The molecule has 0 aliphatic carbocycles. The second-order valence-electron chi connectivity index (χ2n) is 3.87. The summed E-state index contributed by atoms with van der Waals surface area (Å²) in [7, 11) is 0. The summed E-state index contributed by atoms with van der Waals surface area (Å²) in [5, 5.41) is 11.9. The molecule has 1 N–H and O–H groups in total. The Hall–Kier alpha value is -0.380. The first-order valence-electron chi connectivity index (χ1n) is 5.30. The lowest BCUT2D eigenvalue weighted by Gasteiger charge is -2.16. The van der Waals surface area contributed by atoms with Crippen molar-refractivity contribution in [2.24, 2.45) is 0 Å². The van der Waals surface area contributed by atoms with E-state index in [0.29, 0.717) is 0 Å². The van der Waals surface area contributed by atoms with E-state index in [2.05, 4.69) is 4.90 Å². The fourth-order valence-electron chi connectivity index (χ4n) is 1.93. The van der Waals surface area contributed by atoms with Gasteiger partial charge in [0, 0.05) is 11.4 Å². The van der Waals surface area contributed by atoms with Crippen molar-refractivity contribution >= 4 is 11.3 Å². The Kier molecular flexibility index (Phi) is 3.56.